The second kappa shape index (κ2) is 8.63. The van der Waals surface area contributed by atoms with Gasteiger partial charge in [-0.05, 0) is 31.2 Å². The lowest BCUT2D eigenvalue weighted by atomic mass is 10.0. The number of carboxylic acids is 1. The van der Waals surface area contributed by atoms with Crippen LogP contribution in [-0.4, -0.2) is 20.6 Å². The van der Waals surface area contributed by atoms with Gasteiger partial charge in [0.05, 0.1) is 15.7 Å². The van der Waals surface area contributed by atoms with Crippen LogP contribution in [0.1, 0.15) is 23.0 Å². The molecule has 6 nitrogen and oxygen atoms in total. The predicted molar refractivity (Wildman–Crippen MR) is 107 cm³/mol. The molecule has 3 rings (SSSR count). The van der Waals surface area contributed by atoms with Gasteiger partial charge < -0.3 is 14.4 Å². The molecule has 0 spiro atoms. The van der Waals surface area contributed by atoms with Crippen LogP contribution in [0.3, 0.4) is 0 Å². The minimum absolute atomic E-state index is 0.0565. The summed E-state index contributed by atoms with van der Waals surface area (Å²) in [6.07, 6.45) is 1.42. The van der Waals surface area contributed by atoms with Gasteiger partial charge in [0, 0.05) is 24.4 Å². The van der Waals surface area contributed by atoms with Crippen LogP contribution < -0.4 is 10.2 Å². The third kappa shape index (κ3) is 4.26. The van der Waals surface area contributed by atoms with Gasteiger partial charge in [0.1, 0.15) is 23.7 Å². The number of pyridine rings is 2. The number of hydrogen-bond acceptors (Lipinski definition) is 4. The van der Waals surface area contributed by atoms with Crippen molar-refractivity contribution in [3.05, 3.63) is 79.9 Å². The van der Waals surface area contributed by atoms with Crippen LogP contribution in [0, 0.1) is 5.82 Å². The quantitative estimate of drug-likeness (QED) is 0.607. The molecule has 9 heteroatoms. The molecular weight excluding hydrogens is 422 g/mol. The van der Waals surface area contributed by atoms with Crippen molar-refractivity contribution < 1.29 is 19.0 Å². The maximum Gasteiger partial charge on any atom is 0.341 e. The molecule has 0 aliphatic rings. The van der Waals surface area contributed by atoms with Gasteiger partial charge in [0.25, 0.3) is 0 Å². The third-order valence-corrected chi connectivity index (χ3v) is 4.93. The van der Waals surface area contributed by atoms with Crippen molar-refractivity contribution in [2.24, 2.45) is 0 Å². The van der Waals surface area contributed by atoms with Crippen molar-refractivity contribution in [2.75, 3.05) is 0 Å². The summed E-state index contributed by atoms with van der Waals surface area (Å²) >= 11 is 12.0. The van der Waals surface area contributed by atoms with E-state index in [4.69, 9.17) is 27.9 Å². The summed E-state index contributed by atoms with van der Waals surface area (Å²) in [5, 5.41) is 10.1. The second-order valence-corrected chi connectivity index (χ2v) is 6.78. The number of halogens is 3. The maximum atomic E-state index is 13.8. The van der Waals surface area contributed by atoms with Crippen LogP contribution in [0.15, 0.2) is 47.4 Å². The fourth-order valence-electron chi connectivity index (χ4n) is 2.87. The summed E-state index contributed by atoms with van der Waals surface area (Å²) in [5.41, 5.74) is -0.629. The molecule has 0 bridgehead atoms. The summed E-state index contributed by atoms with van der Waals surface area (Å²) in [7, 11) is 0. The van der Waals surface area contributed by atoms with Gasteiger partial charge in [-0.25, -0.2) is 9.18 Å². The number of nitrogens with zero attached hydrogens (tertiary/aromatic N) is 2. The molecule has 0 saturated carbocycles. The van der Waals surface area contributed by atoms with Gasteiger partial charge in [-0.1, -0.05) is 29.3 Å². The minimum atomic E-state index is -1.39. The van der Waals surface area contributed by atoms with Crippen LogP contribution in [0.2, 0.25) is 10.0 Å². The Morgan fingerprint density at radius 3 is 2.62 bits per heavy atom. The van der Waals surface area contributed by atoms with Crippen LogP contribution >= 0.6 is 23.2 Å². The van der Waals surface area contributed by atoms with Crippen molar-refractivity contribution in [2.45, 2.75) is 20.1 Å². The van der Waals surface area contributed by atoms with Crippen molar-refractivity contribution in [1.29, 1.82) is 0 Å². The van der Waals surface area contributed by atoms with Crippen LogP contribution in [0.4, 0.5) is 4.39 Å². The van der Waals surface area contributed by atoms with Gasteiger partial charge in [-0.15, -0.1) is 0 Å². The van der Waals surface area contributed by atoms with Gasteiger partial charge in [-0.2, -0.15) is 0 Å². The number of aromatic carboxylic acids is 1. The van der Waals surface area contributed by atoms with E-state index in [0.29, 0.717) is 5.56 Å². The molecule has 0 atom stereocenters. The normalized spacial score (nSPS) is 10.8. The highest BCUT2D eigenvalue weighted by molar-refractivity contribution is 6.42. The standard InChI is InChI=1S/C20H15Cl2FN2O4/c1-2-25-17(29-10-15-14(23)4-3-7-24-15)9-16(26)18(20(27)28)19(25)11-5-6-12(21)13(22)8-11/h3-9H,2,10H2,1H3,(H,27,28). The molecule has 0 aliphatic carbocycles. The Balaban J connectivity index is 2.17. The topological polar surface area (TPSA) is 81.4 Å². The van der Waals surface area contributed by atoms with Gasteiger partial charge >= 0.3 is 5.97 Å². The van der Waals surface area contributed by atoms with Gasteiger partial charge in [0.2, 0.25) is 5.43 Å². The Morgan fingerprint density at radius 2 is 2.00 bits per heavy atom. The van der Waals surface area contributed by atoms with E-state index in [9.17, 15) is 19.1 Å². The SMILES string of the molecule is CCn1c(OCc2ncccc2F)cc(=O)c(C(=O)O)c1-c1ccc(Cl)c(Cl)c1. The van der Waals surface area contributed by atoms with Crippen LogP contribution in [0.5, 0.6) is 5.88 Å². The Morgan fingerprint density at radius 1 is 1.24 bits per heavy atom. The Hall–Kier alpha value is -2.90. The summed E-state index contributed by atoms with van der Waals surface area (Å²) < 4.78 is 21.0. The largest absolute Gasteiger partial charge is 0.477 e. The van der Waals surface area contributed by atoms with Gasteiger partial charge in [0.15, 0.2) is 5.88 Å². The number of ether oxygens (including phenoxy) is 1. The predicted octanol–water partition coefficient (Wildman–Crippen LogP) is 4.65. The first kappa shape index (κ1) is 20.8. The van der Waals surface area contributed by atoms with Crippen molar-refractivity contribution in [3.63, 3.8) is 0 Å². The Labute approximate surface area is 175 Å². The monoisotopic (exact) mass is 436 g/mol. The molecular formula is C20H15Cl2FN2O4. The fourth-order valence-corrected chi connectivity index (χ4v) is 3.17. The number of hydrogen-bond donors (Lipinski definition) is 1. The number of benzene rings is 1. The summed E-state index contributed by atoms with van der Waals surface area (Å²) in [4.78, 5) is 28.3. The summed E-state index contributed by atoms with van der Waals surface area (Å²) in [6.45, 7) is 1.79. The number of carbonyl (C=O) groups is 1. The lowest BCUT2D eigenvalue weighted by Gasteiger charge is -2.20. The molecule has 1 aromatic carbocycles. The molecule has 150 valence electrons. The fraction of sp³-hybridized carbons (Fsp3) is 0.150. The molecule has 0 amide bonds. The molecule has 2 aromatic heterocycles. The zero-order valence-electron chi connectivity index (χ0n) is 15.2. The van der Waals surface area contributed by atoms with E-state index in [1.807, 2.05) is 0 Å². The van der Waals surface area contributed by atoms with E-state index in [0.717, 1.165) is 6.07 Å². The molecule has 3 aromatic rings. The zero-order valence-corrected chi connectivity index (χ0v) is 16.7. The first-order valence-corrected chi connectivity index (χ1v) is 9.27. The van der Waals surface area contributed by atoms with Gasteiger partial charge in [-0.3, -0.25) is 9.78 Å². The number of aromatic nitrogens is 2. The van der Waals surface area contributed by atoms with E-state index < -0.39 is 22.8 Å². The molecule has 0 fully saturated rings. The zero-order chi connectivity index (χ0) is 21.1. The summed E-state index contributed by atoms with van der Waals surface area (Å²) in [6, 6.07) is 8.29. The average molecular weight is 437 g/mol. The van der Waals surface area contributed by atoms with Crippen molar-refractivity contribution >= 4 is 29.2 Å². The van der Waals surface area contributed by atoms with E-state index in [1.54, 1.807) is 13.0 Å². The van der Waals surface area contributed by atoms with Crippen LogP contribution in [0.25, 0.3) is 11.3 Å². The minimum Gasteiger partial charge on any atom is -0.477 e. The highest BCUT2D eigenvalue weighted by Crippen LogP contribution is 2.32. The lowest BCUT2D eigenvalue weighted by Crippen LogP contribution is -2.22. The van der Waals surface area contributed by atoms with Crippen molar-refractivity contribution in [1.82, 2.24) is 9.55 Å². The molecule has 29 heavy (non-hydrogen) atoms. The average Bonchev–Trinajstić information content (AvgIpc) is 2.68. The third-order valence-electron chi connectivity index (χ3n) is 4.19. The molecule has 0 unspecified atom stereocenters. The molecule has 0 radical (unpaired) electrons. The molecule has 2 heterocycles. The Bertz CT molecular complexity index is 1150. The van der Waals surface area contributed by atoms with E-state index in [2.05, 4.69) is 4.98 Å². The van der Waals surface area contributed by atoms with E-state index in [-0.39, 0.29) is 40.5 Å². The lowest BCUT2D eigenvalue weighted by molar-refractivity contribution is 0.0695. The summed E-state index contributed by atoms with van der Waals surface area (Å²) in [5.74, 6) is -1.86. The van der Waals surface area contributed by atoms with Crippen LogP contribution in [-0.2, 0) is 13.2 Å². The highest BCUT2D eigenvalue weighted by atomic mass is 35.5. The molecule has 1 N–H and O–H groups in total. The Kier molecular flexibility index (Phi) is 6.20. The van der Waals surface area contributed by atoms with E-state index >= 15 is 0 Å². The first-order valence-electron chi connectivity index (χ1n) is 8.52. The smallest absolute Gasteiger partial charge is 0.341 e. The first-order chi connectivity index (χ1) is 13.8. The van der Waals surface area contributed by atoms with E-state index in [1.165, 1.54) is 35.0 Å². The number of rotatable bonds is 6. The molecule has 0 saturated heterocycles. The maximum absolute atomic E-state index is 13.8. The second-order valence-electron chi connectivity index (χ2n) is 5.97. The van der Waals surface area contributed by atoms with Crippen molar-refractivity contribution in [3.8, 4) is 17.1 Å². The highest BCUT2D eigenvalue weighted by Gasteiger charge is 2.23. The number of carboxylic acid groups (broad SMARTS) is 1. The molecule has 0 aliphatic heterocycles.